The number of hydrogen-bond acceptors (Lipinski definition) is 7. The Morgan fingerprint density at radius 2 is 2.07 bits per heavy atom. The monoisotopic (exact) mass is 374 g/mol. The third-order valence-electron chi connectivity index (χ3n) is 5.04. The van der Waals surface area contributed by atoms with Crippen molar-refractivity contribution < 1.29 is 24.1 Å². The molecule has 142 valence electrons. The molecule has 2 aromatic rings. The van der Waals surface area contributed by atoms with Gasteiger partial charge in [0.15, 0.2) is 11.8 Å². The fourth-order valence-electron chi connectivity index (χ4n) is 3.51. The molecular weight excluding hydrogens is 356 g/mol. The number of nitrogens with one attached hydrogen (secondary N) is 1. The van der Waals surface area contributed by atoms with Crippen molar-refractivity contribution in [2.75, 3.05) is 6.61 Å². The quantitative estimate of drug-likeness (QED) is 0.712. The number of esters is 1. The third-order valence-corrected chi connectivity index (χ3v) is 5.04. The fourth-order valence-corrected chi connectivity index (χ4v) is 3.51. The van der Waals surface area contributed by atoms with Crippen LogP contribution in [-0.2, 0) is 14.2 Å². The molecule has 0 radical (unpaired) electrons. The van der Waals surface area contributed by atoms with Crippen LogP contribution in [0.4, 0.5) is 0 Å². The molecule has 0 aliphatic carbocycles. The van der Waals surface area contributed by atoms with Gasteiger partial charge in [0.05, 0.1) is 12.2 Å². The number of ether oxygens (including phenoxy) is 3. The molecule has 4 rings (SSSR count). The maximum Gasteiger partial charge on any atom is 0.338 e. The fraction of sp³-hybridized carbons (Fsp3) is 0.389. The Balaban J connectivity index is 1.58. The van der Waals surface area contributed by atoms with Crippen LogP contribution in [0.25, 0.3) is 0 Å². The molecule has 27 heavy (non-hydrogen) atoms. The van der Waals surface area contributed by atoms with Crippen molar-refractivity contribution in [2.24, 2.45) is 0 Å². The van der Waals surface area contributed by atoms with E-state index in [-0.39, 0.29) is 6.61 Å². The zero-order valence-corrected chi connectivity index (χ0v) is 14.4. The van der Waals surface area contributed by atoms with E-state index < -0.39 is 47.4 Å². The van der Waals surface area contributed by atoms with E-state index in [2.05, 4.69) is 4.98 Å². The van der Waals surface area contributed by atoms with E-state index in [1.807, 2.05) is 0 Å². The molecular formula is C18H18N2O7. The van der Waals surface area contributed by atoms with Crippen molar-refractivity contribution in [2.45, 2.75) is 37.1 Å². The average molecular weight is 374 g/mol. The normalized spacial score (nSPS) is 30.2. The van der Waals surface area contributed by atoms with Gasteiger partial charge in [-0.15, -0.1) is 0 Å². The van der Waals surface area contributed by atoms with Gasteiger partial charge in [-0.2, -0.15) is 0 Å². The summed E-state index contributed by atoms with van der Waals surface area (Å²) in [4.78, 5) is 37.8. The molecule has 2 bridgehead atoms. The molecule has 2 N–H and O–H groups in total. The second-order valence-corrected chi connectivity index (χ2v) is 6.61. The Hall–Kier alpha value is -2.75. The number of aliphatic hydroxyl groups excluding tert-OH is 1. The summed E-state index contributed by atoms with van der Waals surface area (Å²) in [7, 11) is 0. The Kier molecular flexibility index (Phi) is 4.22. The molecule has 0 saturated carbocycles. The van der Waals surface area contributed by atoms with Crippen molar-refractivity contribution in [3.63, 3.8) is 0 Å². The first-order chi connectivity index (χ1) is 12.9. The van der Waals surface area contributed by atoms with Crippen LogP contribution in [0.3, 0.4) is 0 Å². The van der Waals surface area contributed by atoms with Gasteiger partial charge < -0.3 is 19.3 Å². The third kappa shape index (κ3) is 2.80. The molecule has 0 spiro atoms. The van der Waals surface area contributed by atoms with Crippen LogP contribution >= 0.6 is 0 Å². The number of carbonyl (C=O) groups is 1. The Labute approximate surface area is 153 Å². The zero-order valence-electron chi connectivity index (χ0n) is 14.4. The highest BCUT2D eigenvalue weighted by Crippen LogP contribution is 2.47. The summed E-state index contributed by atoms with van der Waals surface area (Å²) in [5, 5.41) is 10.7. The van der Waals surface area contributed by atoms with Gasteiger partial charge >= 0.3 is 11.7 Å². The van der Waals surface area contributed by atoms with Crippen molar-refractivity contribution in [3.8, 4) is 0 Å². The minimum Gasteiger partial charge on any atom is -0.456 e. The lowest BCUT2D eigenvalue weighted by Crippen LogP contribution is -2.52. The summed E-state index contributed by atoms with van der Waals surface area (Å²) >= 11 is 0. The Morgan fingerprint density at radius 1 is 1.33 bits per heavy atom. The van der Waals surface area contributed by atoms with Crippen molar-refractivity contribution >= 4 is 5.97 Å². The van der Waals surface area contributed by atoms with Gasteiger partial charge in [-0.05, 0) is 19.1 Å². The van der Waals surface area contributed by atoms with Gasteiger partial charge in [-0.1, -0.05) is 18.2 Å². The number of fused-ring (bicyclic) bond motifs is 2. The SMILES string of the molecule is C[C@H](OC(=O)c1ccccc1)[C@@]12CO[C@@H]([C@H](n3ccc(=O)[nH]c3=O)O1)[C@@H]2O. The van der Waals surface area contributed by atoms with E-state index in [0.29, 0.717) is 5.56 Å². The molecule has 2 aliphatic heterocycles. The largest absolute Gasteiger partial charge is 0.456 e. The number of nitrogens with zero attached hydrogens (tertiary/aromatic N) is 1. The highest BCUT2D eigenvalue weighted by Gasteiger charge is 2.65. The number of hydrogen-bond donors (Lipinski definition) is 2. The maximum atomic E-state index is 12.3. The number of carbonyl (C=O) groups excluding carboxylic acids is 1. The molecule has 5 atom stereocenters. The topological polar surface area (TPSA) is 120 Å². The molecule has 1 aromatic heterocycles. The second kappa shape index (κ2) is 6.45. The number of aromatic nitrogens is 2. The predicted molar refractivity (Wildman–Crippen MR) is 91.2 cm³/mol. The van der Waals surface area contributed by atoms with Gasteiger partial charge in [0.25, 0.3) is 5.56 Å². The lowest BCUT2D eigenvalue weighted by molar-refractivity contribution is -0.207. The molecule has 3 heterocycles. The first kappa shape index (κ1) is 17.7. The van der Waals surface area contributed by atoms with E-state index in [1.54, 1.807) is 37.3 Å². The van der Waals surface area contributed by atoms with Crippen LogP contribution in [0.1, 0.15) is 23.5 Å². The van der Waals surface area contributed by atoms with Crippen LogP contribution in [-0.4, -0.2) is 51.1 Å². The lowest BCUT2D eigenvalue weighted by Gasteiger charge is -2.35. The molecule has 9 heteroatoms. The Bertz CT molecular complexity index is 969. The highest BCUT2D eigenvalue weighted by molar-refractivity contribution is 5.89. The van der Waals surface area contributed by atoms with Crippen LogP contribution < -0.4 is 11.2 Å². The Morgan fingerprint density at radius 3 is 2.78 bits per heavy atom. The summed E-state index contributed by atoms with van der Waals surface area (Å²) in [6.07, 6.45) is -2.45. The smallest absolute Gasteiger partial charge is 0.338 e. The number of H-pyrrole nitrogens is 1. The first-order valence-electron chi connectivity index (χ1n) is 8.47. The lowest BCUT2D eigenvalue weighted by atomic mass is 9.93. The summed E-state index contributed by atoms with van der Waals surface area (Å²) in [5.74, 6) is -0.554. The molecule has 2 fully saturated rings. The van der Waals surface area contributed by atoms with Gasteiger partial charge in [0.1, 0.15) is 18.3 Å². The molecule has 1 aromatic carbocycles. The van der Waals surface area contributed by atoms with Crippen LogP contribution in [0.2, 0.25) is 0 Å². The molecule has 2 saturated heterocycles. The number of rotatable bonds is 4. The highest BCUT2D eigenvalue weighted by atomic mass is 16.7. The van der Waals surface area contributed by atoms with E-state index in [1.165, 1.54) is 12.3 Å². The number of aliphatic hydroxyl groups is 1. The number of aromatic amines is 1. The average Bonchev–Trinajstić information content (AvgIpc) is 3.13. The predicted octanol–water partition coefficient (Wildman–Crippen LogP) is -0.191. The standard InChI is InChI=1S/C18H18N2O7/c1-10(26-16(23)11-5-3-2-4-6-11)18-9-25-13(14(18)22)15(27-18)20-8-7-12(21)19-17(20)24/h2-8,10,13-15,22H,9H2,1H3,(H,19,21,24)/t10-,13+,14-,15+,18+/m0/s1. The number of benzene rings is 1. The van der Waals surface area contributed by atoms with E-state index in [4.69, 9.17) is 14.2 Å². The van der Waals surface area contributed by atoms with Crippen molar-refractivity contribution in [1.82, 2.24) is 9.55 Å². The summed E-state index contributed by atoms with van der Waals surface area (Å²) in [5.41, 5.74) is -2.16. The zero-order chi connectivity index (χ0) is 19.2. The van der Waals surface area contributed by atoms with Crippen LogP contribution in [0.5, 0.6) is 0 Å². The summed E-state index contributed by atoms with van der Waals surface area (Å²) < 4.78 is 18.2. The second-order valence-electron chi connectivity index (χ2n) is 6.61. The summed E-state index contributed by atoms with van der Waals surface area (Å²) in [6.45, 7) is 1.62. The van der Waals surface area contributed by atoms with Crippen LogP contribution in [0.15, 0.2) is 52.2 Å². The van der Waals surface area contributed by atoms with E-state index >= 15 is 0 Å². The van der Waals surface area contributed by atoms with Crippen LogP contribution in [0, 0.1) is 0 Å². The minimum atomic E-state index is -1.31. The molecule has 2 aliphatic rings. The first-order valence-corrected chi connectivity index (χ1v) is 8.47. The molecule has 9 nitrogen and oxygen atoms in total. The van der Waals surface area contributed by atoms with Crippen molar-refractivity contribution in [1.29, 1.82) is 0 Å². The van der Waals surface area contributed by atoms with Gasteiger partial charge in [0.2, 0.25) is 0 Å². The molecule has 0 amide bonds. The summed E-state index contributed by atoms with van der Waals surface area (Å²) in [6, 6.07) is 9.63. The van der Waals surface area contributed by atoms with Gasteiger partial charge in [0, 0.05) is 12.3 Å². The van der Waals surface area contributed by atoms with E-state index in [0.717, 1.165) is 4.57 Å². The van der Waals surface area contributed by atoms with Gasteiger partial charge in [-0.3, -0.25) is 14.3 Å². The van der Waals surface area contributed by atoms with E-state index in [9.17, 15) is 19.5 Å². The minimum absolute atomic E-state index is 0.0106. The van der Waals surface area contributed by atoms with Gasteiger partial charge in [-0.25, -0.2) is 9.59 Å². The van der Waals surface area contributed by atoms with Crippen molar-refractivity contribution in [3.05, 3.63) is 69.0 Å². The maximum absolute atomic E-state index is 12.3. The molecule has 0 unspecified atom stereocenters.